The molecule has 3 N–H and O–H groups in total. The van der Waals surface area contributed by atoms with Crippen LogP contribution in [-0.4, -0.2) is 46.4 Å². The fraction of sp³-hybridized carbons (Fsp3) is 0.476. The number of H-pyrrole nitrogens is 1. The normalized spacial score (nSPS) is 25.2. The van der Waals surface area contributed by atoms with Crippen LogP contribution in [0.3, 0.4) is 0 Å². The summed E-state index contributed by atoms with van der Waals surface area (Å²) >= 11 is 0. The minimum atomic E-state index is -0.645. The van der Waals surface area contributed by atoms with Gasteiger partial charge in [-0.3, -0.25) is 14.5 Å². The second-order valence-corrected chi connectivity index (χ2v) is 7.93. The molecule has 7 nitrogen and oxygen atoms in total. The van der Waals surface area contributed by atoms with Crippen LogP contribution in [0.25, 0.3) is 10.9 Å². The lowest BCUT2D eigenvalue weighted by atomic mass is 9.86. The van der Waals surface area contributed by atoms with E-state index < -0.39 is 12.1 Å². The Kier molecular flexibility index (Phi) is 5.07. The first-order chi connectivity index (χ1) is 13.5. The summed E-state index contributed by atoms with van der Waals surface area (Å²) in [6.45, 7) is 1.91. The van der Waals surface area contributed by atoms with E-state index in [1.807, 2.05) is 30.5 Å². The third-order valence-corrected chi connectivity index (χ3v) is 5.97. The predicted octanol–water partition coefficient (Wildman–Crippen LogP) is 2.33. The Morgan fingerprint density at radius 1 is 1.21 bits per heavy atom. The molecule has 0 radical (unpaired) electrons. The van der Waals surface area contributed by atoms with E-state index in [2.05, 4.69) is 22.5 Å². The summed E-state index contributed by atoms with van der Waals surface area (Å²) in [5.41, 5.74) is 1.96. The summed E-state index contributed by atoms with van der Waals surface area (Å²) < 4.78 is 0. The number of carbonyl (C=O) groups is 3. The lowest BCUT2D eigenvalue weighted by Crippen LogP contribution is -2.47. The van der Waals surface area contributed by atoms with Crippen molar-refractivity contribution in [1.82, 2.24) is 20.5 Å². The molecule has 1 saturated heterocycles. The van der Waals surface area contributed by atoms with Crippen LogP contribution >= 0.6 is 0 Å². The minimum absolute atomic E-state index is 0.129. The average Bonchev–Trinajstić information content (AvgIpc) is 3.20. The van der Waals surface area contributed by atoms with E-state index in [1.54, 1.807) is 0 Å². The van der Waals surface area contributed by atoms with Crippen molar-refractivity contribution in [2.75, 3.05) is 6.54 Å². The summed E-state index contributed by atoms with van der Waals surface area (Å²) in [6.07, 6.45) is 6.61. The van der Waals surface area contributed by atoms with Crippen LogP contribution in [0.2, 0.25) is 0 Å². The van der Waals surface area contributed by atoms with Crippen molar-refractivity contribution in [3.8, 4) is 0 Å². The van der Waals surface area contributed by atoms with Gasteiger partial charge < -0.3 is 15.6 Å². The van der Waals surface area contributed by atoms with Crippen molar-refractivity contribution < 1.29 is 14.4 Å². The van der Waals surface area contributed by atoms with Gasteiger partial charge in [0.25, 0.3) is 5.91 Å². The van der Waals surface area contributed by atoms with E-state index in [4.69, 9.17) is 0 Å². The summed E-state index contributed by atoms with van der Waals surface area (Å²) in [7, 11) is 0. The fourth-order valence-corrected chi connectivity index (χ4v) is 4.31. The largest absolute Gasteiger partial charge is 0.361 e. The van der Waals surface area contributed by atoms with Gasteiger partial charge in [-0.1, -0.05) is 38.0 Å². The fourth-order valence-electron chi connectivity index (χ4n) is 4.31. The number of rotatable bonds is 5. The number of nitrogens with zero attached hydrogens (tertiary/aromatic N) is 1. The highest BCUT2D eigenvalue weighted by atomic mass is 16.2. The molecule has 1 aromatic heterocycles. The molecule has 7 heteroatoms. The van der Waals surface area contributed by atoms with Crippen molar-refractivity contribution >= 4 is 28.7 Å². The minimum Gasteiger partial charge on any atom is -0.361 e. The number of urea groups is 1. The maximum absolute atomic E-state index is 12.7. The number of imide groups is 1. The topological polar surface area (TPSA) is 94.3 Å². The van der Waals surface area contributed by atoms with Gasteiger partial charge in [0, 0.05) is 29.6 Å². The smallest absolute Gasteiger partial charge is 0.325 e. The molecule has 2 aromatic rings. The zero-order valence-corrected chi connectivity index (χ0v) is 16.0. The molecule has 0 spiro atoms. The van der Waals surface area contributed by atoms with E-state index in [0.717, 1.165) is 40.6 Å². The van der Waals surface area contributed by atoms with Crippen LogP contribution in [0.5, 0.6) is 0 Å². The first kappa shape index (κ1) is 18.5. The predicted molar refractivity (Wildman–Crippen MR) is 106 cm³/mol. The molecule has 1 aliphatic heterocycles. The van der Waals surface area contributed by atoms with Crippen LogP contribution in [0.4, 0.5) is 4.79 Å². The average molecular weight is 382 g/mol. The molecule has 2 heterocycles. The van der Waals surface area contributed by atoms with Gasteiger partial charge in [0.15, 0.2) is 0 Å². The summed E-state index contributed by atoms with van der Waals surface area (Å²) in [6, 6.07) is 6.82. The first-order valence-electron chi connectivity index (χ1n) is 9.99. The maximum atomic E-state index is 12.7. The second-order valence-electron chi connectivity index (χ2n) is 7.93. The van der Waals surface area contributed by atoms with Crippen LogP contribution in [0.15, 0.2) is 30.5 Å². The Morgan fingerprint density at radius 2 is 2.00 bits per heavy atom. The molecule has 28 heavy (non-hydrogen) atoms. The van der Waals surface area contributed by atoms with E-state index >= 15 is 0 Å². The standard InChI is InChI=1S/C21H26N4O3/c1-13-6-2-4-8-16(13)23-19(26)12-25-20(27)18(24-21(25)28)10-14-11-22-17-9-5-3-7-15(14)17/h3,5,7,9,11,13,16,18,22H,2,4,6,8,10,12H2,1H3,(H,23,26)(H,24,28). The summed E-state index contributed by atoms with van der Waals surface area (Å²) in [4.78, 5) is 41.6. The highest BCUT2D eigenvalue weighted by Gasteiger charge is 2.39. The number of fused-ring (bicyclic) bond motifs is 1. The van der Waals surface area contributed by atoms with Crippen molar-refractivity contribution in [2.45, 2.75) is 51.1 Å². The molecule has 0 bridgehead atoms. The Labute approximate surface area is 163 Å². The van der Waals surface area contributed by atoms with Gasteiger partial charge in [-0.2, -0.15) is 0 Å². The van der Waals surface area contributed by atoms with Gasteiger partial charge in [-0.25, -0.2) is 4.79 Å². The number of amides is 4. The number of aromatic amines is 1. The Hall–Kier alpha value is -2.83. The molecule has 3 unspecified atom stereocenters. The number of hydrogen-bond donors (Lipinski definition) is 3. The second kappa shape index (κ2) is 7.66. The van der Waals surface area contributed by atoms with Crippen LogP contribution in [0.1, 0.15) is 38.2 Å². The number of benzene rings is 1. The van der Waals surface area contributed by atoms with E-state index in [9.17, 15) is 14.4 Å². The van der Waals surface area contributed by atoms with Crippen molar-refractivity contribution in [3.05, 3.63) is 36.0 Å². The SMILES string of the molecule is CC1CCCCC1NC(=O)CN1C(=O)NC(Cc2c[nH]c3ccccc23)C1=O. The molecule has 1 aromatic carbocycles. The van der Waals surface area contributed by atoms with E-state index in [1.165, 1.54) is 6.42 Å². The zero-order chi connectivity index (χ0) is 19.7. The maximum Gasteiger partial charge on any atom is 0.325 e. The number of nitrogens with one attached hydrogen (secondary N) is 3. The van der Waals surface area contributed by atoms with E-state index in [0.29, 0.717) is 12.3 Å². The number of para-hydroxylation sites is 1. The van der Waals surface area contributed by atoms with Gasteiger partial charge in [-0.15, -0.1) is 0 Å². The van der Waals surface area contributed by atoms with Gasteiger partial charge in [0.05, 0.1) is 0 Å². The first-order valence-corrected chi connectivity index (χ1v) is 9.99. The van der Waals surface area contributed by atoms with Gasteiger partial charge >= 0.3 is 6.03 Å². The molecule has 1 aliphatic carbocycles. The lowest BCUT2D eigenvalue weighted by Gasteiger charge is -2.29. The quantitative estimate of drug-likeness (QED) is 0.693. The van der Waals surface area contributed by atoms with Gasteiger partial charge in [-0.05, 0) is 30.4 Å². The third-order valence-electron chi connectivity index (χ3n) is 5.97. The number of aromatic nitrogens is 1. The molecule has 2 aliphatic rings. The summed E-state index contributed by atoms with van der Waals surface area (Å²) in [5, 5.41) is 6.76. The number of carbonyl (C=O) groups excluding carboxylic acids is 3. The van der Waals surface area contributed by atoms with E-state index in [-0.39, 0.29) is 24.4 Å². The highest BCUT2D eigenvalue weighted by molar-refractivity contribution is 6.06. The Balaban J connectivity index is 1.39. The third kappa shape index (κ3) is 3.61. The highest BCUT2D eigenvalue weighted by Crippen LogP contribution is 2.24. The van der Waals surface area contributed by atoms with Crippen LogP contribution in [0, 0.1) is 5.92 Å². The zero-order valence-electron chi connectivity index (χ0n) is 16.0. The lowest BCUT2D eigenvalue weighted by molar-refractivity contribution is -0.132. The Morgan fingerprint density at radius 3 is 2.82 bits per heavy atom. The molecule has 4 amide bonds. The van der Waals surface area contributed by atoms with Crippen LogP contribution in [-0.2, 0) is 16.0 Å². The molecule has 1 saturated carbocycles. The van der Waals surface area contributed by atoms with Gasteiger partial charge in [0.2, 0.25) is 5.91 Å². The molecule has 148 valence electrons. The van der Waals surface area contributed by atoms with Crippen LogP contribution < -0.4 is 10.6 Å². The summed E-state index contributed by atoms with van der Waals surface area (Å²) in [5.74, 6) is -0.187. The Bertz CT molecular complexity index is 906. The van der Waals surface area contributed by atoms with Crippen molar-refractivity contribution in [1.29, 1.82) is 0 Å². The molecule has 4 rings (SSSR count). The molecule has 2 fully saturated rings. The monoisotopic (exact) mass is 382 g/mol. The molecular formula is C21H26N4O3. The number of hydrogen-bond acceptors (Lipinski definition) is 3. The van der Waals surface area contributed by atoms with Crippen molar-refractivity contribution in [3.63, 3.8) is 0 Å². The molecular weight excluding hydrogens is 356 g/mol. The van der Waals surface area contributed by atoms with Crippen molar-refractivity contribution in [2.24, 2.45) is 5.92 Å². The van der Waals surface area contributed by atoms with Gasteiger partial charge in [0.1, 0.15) is 12.6 Å². The molecule has 3 atom stereocenters.